The molecule has 1 spiro atoms. The topological polar surface area (TPSA) is 89.9 Å². The minimum atomic E-state index is -0.611. The molecule has 164 valence electrons. The molecule has 0 aromatic carbocycles. The lowest BCUT2D eigenvalue weighted by Crippen LogP contribution is -2.62. The number of rotatable bonds is 1. The van der Waals surface area contributed by atoms with E-state index in [1.54, 1.807) is 6.08 Å². The van der Waals surface area contributed by atoms with E-state index in [1.807, 2.05) is 0 Å². The zero-order chi connectivity index (χ0) is 21.5. The van der Waals surface area contributed by atoms with Crippen LogP contribution in [0.2, 0.25) is 0 Å². The molecule has 5 rings (SSSR count). The van der Waals surface area contributed by atoms with Gasteiger partial charge in [0.15, 0.2) is 5.78 Å². The van der Waals surface area contributed by atoms with Gasteiger partial charge < -0.3 is 14.6 Å². The number of methoxy groups -OCH3 is 1. The summed E-state index contributed by atoms with van der Waals surface area (Å²) in [5.41, 5.74) is -0.168. The summed E-state index contributed by atoms with van der Waals surface area (Å²) in [5.74, 6) is -0.636. The maximum atomic E-state index is 12.9. The van der Waals surface area contributed by atoms with E-state index in [0.717, 1.165) is 18.4 Å². The summed E-state index contributed by atoms with van der Waals surface area (Å²) >= 11 is 0. The quantitative estimate of drug-likeness (QED) is 0.661. The minimum Gasteiger partial charge on any atom is -0.469 e. The Morgan fingerprint density at radius 2 is 1.97 bits per heavy atom. The van der Waals surface area contributed by atoms with Crippen molar-refractivity contribution in [3.63, 3.8) is 0 Å². The number of ketones is 1. The summed E-state index contributed by atoms with van der Waals surface area (Å²) < 4.78 is 11.2. The second kappa shape index (κ2) is 6.41. The number of ether oxygens (including phenoxy) is 2. The summed E-state index contributed by atoms with van der Waals surface area (Å²) in [4.78, 5) is 37.2. The summed E-state index contributed by atoms with van der Waals surface area (Å²) in [6.45, 7) is 4.33. The van der Waals surface area contributed by atoms with Crippen LogP contribution in [0.5, 0.6) is 0 Å². The molecule has 6 nitrogen and oxygen atoms in total. The molecule has 4 fully saturated rings. The maximum absolute atomic E-state index is 12.9. The second-order valence-corrected chi connectivity index (χ2v) is 10.8. The molecule has 1 N–H and O–H groups in total. The van der Waals surface area contributed by atoms with Crippen molar-refractivity contribution in [2.75, 3.05) is 7.11 Å². The molecule has 3 saturated carbocycles. The summed E-state index contributed by atoms with van der Waals surface area (Å²) in [7, 11) is 1.42. The first kappa shape index (κ1) is 20.2. The molecule has 6 heteroatoms. The van der Waals surface area contributed by atoms with Gasteiger partial charge in [0.25, 0.3) is 0 Å². The minimum absolute atomic E-state index is 0.0415. The molecule has 30 heavy (non-hydrogen) atoms. The Labute approximate surface area is 177 Å². The van der Waals surface area contributed by atoms with Gasteiger partial charge in [-0.1, -0.05) is 19.4 Å². The van der Waals surface area contributed by atoms with E-state index < -0.39 is 11.7 Å². The number of hydrogen-bond acceptors (Lipinski definition) is 6. The van der Waals surface area contributed by atoms with Gasteiger partial charge in [-0.3, -0.25) is 14.4 Å². The third kappa shape index (κ3) is 2.43. The highest BCUT2D eigenvalue weighted by Gasteiger charge is 2.71. The van der Waals surface area contributed by atoms with Crippen molar-refractivity contribution in [1.29, 1.82) is 0 Å². The van der Waals surface area contributed by atoms with Crippen LogP contribution in [-0.4, -0.2) is 41.6 Å². The lowest BCUT2D eigenvalue weighted by molar-refractivity contribution is -0.197. The molecule has 0 amide bonds. The Balaban J connectivity index is 1.62. The fourth-order valence-corrected chi connectivity index (χ4v) is 8.35. The monoisotopic (exact) mass is 416 g/mol. The van der Waals surface area contributed by atoms with Gasteiger partial charge in [0.1, 0.15) is 5.60 Å². The Kier molecular flexibility index (Phi) is 4.32. The molecule has 0 aromatic heterocycles. The molecule has 1 aliphatic heterocycles. The zero-order valence-corrected chi connectivity index (χ0v) is 18.1. The van der Waals surface area contributed by atoms with Gasteiger partial charge in [0.05, 0.1) is 19.1 Å². The van der Waals surface area contributed by atoms with E-state index in [0.29, 0.717) is 38.5 Å². The van der Waals surface area contributed by atoms with Gasteiger partial charge >= 0.3 is 11.9 Å². The molecule has 0 aromatic rings. The van der Waals surface area contributed by atoms with E-state index >= 15 is 0 Å². The van der Waals surface area contributed by atoms with Crippen LogP contribution in [0.25, 0.3) is 0 Å². The van der Waals surface area contributed by atoms with E-state index in [4.69, 9.17) is 9.47 Å². The summed E-state index contributed by atoms with van der Waals surface area (Å²) in [6.07, 6.45) is 6.21. The molecule has 0 bridgehead atoms. The Hall–Kier alpha value is -1.69. The second-order valence-electron chi connectivity index (χ2n) is 10.8. The van der Waals surface area contributed by atoms with Gasteiger partial charge in [-0.2, -0.15) is 0 Å². The van der Waals surface area contributed by atoms with Crippen LogP contribution in [0.1, 0.15) is 65.2 Å². The molecule has 4 aliphatic carbocycles. The van der Waals surface area contributed by atoms with Crippen molar-refractivity contribution in [1.82, 2.24) is 0 Å². The number of carbonyl (C=O) groups is 3. The fraction of sp³-hybridized carbons (Fsp3) is 0.792. The SMILES string of the molecule is COC(=O)[C@@H]1CC2=CC(=O)CC[C@]2(C)[C@@H]2[C@@H]1[C@@H]1CCC3(CCC(=O)O3)[C@@]1(C)C[C@H]2O. The Morgan fingerprint density at radius 3 is 2.63 bits per heavy atom. The molecular formula is C24H32O6. The van der Waals surface area contributed by atoms with Crippen LogP contribution >= 0.6 is 0 Å². The number of esters is 2. The first-order valence-corrected chi connectivity index (χ1v) is 11.4. The van der Waals surface area contributed by atoms with Crippen LogP contribution in [0.3, 0.4) is 0 Å². The number of aliphatic hydroxyl groups excluding tert-OH is 1. The van der Waals surface area contributed by atoms with Crippen molar-refractivity contribution in [2.24, 2.45) is 34.5 Å². The van der Waals surface area contributed by atoms with Crippen molar-refractivity contribution in [2.45, 2.75) is 76.9 Å². The van der Waals surface area contributed by atoms with E-state index in [1.165, 1.54) is 7.11 Å². The van der Waals surface area contributed by atoms with Crippen molar-refractivity contribution in [3.8, 4) is 0 Å². The van der Waals surface area contributed by atoms with Crippen molar-refractivity contribution >= 4 is 17.7 Å². The van der Waals surface area contributed by atoms with Crippen molar-refractivity contribution in [3.05, 3.63) is 11.6 Å². The first-order valence-electron chi connectivity index (χ1n) is 11.4. The highest BCUT2D eigenvalue weighted by Crippen LogP contribution is 2.70. The van der Waals surface area contributed by atoms with Gasteiger partial charge in [-0.05, 0) is 67.8 Å². The molecule has 1 heterocycles. The Morgan fingerprint density at radius 1 is 1.20 bits per heavy atom. The lowest BCUT2D eigenvalue weighted by atomic mass is 9.43. The van der Waals surface area contributed by atoms with E-state index in [2.05, 4.69) is 13.8 Å². The van der Waals surface area contributed by atoms with Gasteiger partial charge in [-0.25, -0.2) is 0 Å². The summed E-state index contributed by atoms with van der Waals surface area (Å²) in [5, 5.41) is 11.6. The van der Waals surface area contributed by atoms with Gasteiger partial charge in [-0.15, -0.1) is 0 Å². The molecule has 1 unspecified atom stereocenters. The smallest absolute Gasteiger partial charge is 0.309 e. The molecule has 5 aliphatic rings. The average Bonchev–Trinajstić information content (AvgIpc) is 3.21. The average molecular weight is 417 g/mol. The number of carbonyl (C=O) groups excluding carboxylic acids is 3. The first-order chi connectivity index (χ1) is 14.1. The predicted octanol–water partition coefficient (Wildman–Crippen LogP) is 2.96. The highest BCUT2D eigenvalue weighted by molar-refractivity contribution is 5.92. The van der Waals surface area contributed by atoms with Crippen LogP contribution in [0.15, 0.2) is 11.6 Å². The highest BCUT2D eigenvalue weighted by atomic mass is 16.6. The largest absolute Gasteiger partial charge is 0.469 e. The maximum Gasteiger partial charge on any atom is 0.309 e. The Bertz CT molecular complexity index is 847. The zero-order valence-electron chi connectivity index (χ0n) is 18.1. The fourth-order valence-electron chi connectivity index (χ4n) is 8.35. The van der Waals surface area contributed by atoms with Gasteiger partial charge in [0, 0.05) is 18.3 Å². The normalized spacial score (nSPS) is 49.7. The summed E-state index contributed by atoms with van der Waals surface area (Å²) in [6, 6.07) is 0. The van der Waals surface area contributed by atoms with E-state index in [9.17, 15) is 19.5 Å². The van der Waals surface area contributed by atoms with Crippen LogP contribution in [0, 0.1) is 34.5 Å². The third-order valence-electron chi connectivity index (χ3n) is 9.79. The standard InChI is InChI=1S/C24H32O6/c1-22-7-4-14(25)10-13(22)11-15(21(28)29-3)19-16-5-8-24(9-6-18(27)30-24)23(16,2)12-17(26)20(19)22/h10,15-17,19-20,26H,4-9,11-12H2,1-3H3/t15-,16+,17-,19+,20+,22+,23+,24?/m1/s1. The number of aliphatic hydroxyl groups is 1. The van der Waals surface area contributed by atoms with Crippen LogP contribution in [-0.2, 0) is 23.9 Å². The molecule has 0 radical (unpaired) electrons. The molecule has 1 saturated heterocycles. The van der Waals surface area contributed by atoms with Crippen molar-refractivity contribution < 1.29 is 29.0 Å². The molecule has 8 atom stereocenters. The number of hydrogen-bond donors (Lipinski definition) is 1. The number of allylic oxidation sites excluding steroid dienone is 1. The van der Waals surface area contributed by atoms with Crippen LogP contribution in [0.4, 0.5) is 0 Å². The number of fused-ring (bicyclic) bond motifs is 6. The van der Waals surface area contributed by atoms with E-state index in [-0.39, 0.29) is 52.2 Å². The molecular weight excluding hydrogens is 384 g/mol. The van der Waals surface area contributed by atoms with Gasteiger partial charge in [0.2, 0.25) is 0 Å². The van der Waals surface area contributed by atoms with Crippen LogP contribution < -0.4 is 0 Å². The lowest BCUT2D eigenvalue weighted by Gasteiger charge is -2.62. The predicted molar refractivity (Wildman–Crippen MR) is 107 cm³/mol. The third-order valence-corrected chi connectivity index (χ3v) is 9.79.